The summed E-state index contributed by atoms with van der Waals surface area (Å²) in [4.78, 5) is 17.9. The Morgan fingerprint density at radius 1 is 1.13 bits per heavy atom. The predicted octanol–water partition coefficient (Wildman–Crippen LogP) is 2.60. The van der Waals surface area contributed by atoms with Gasteiger partial charge in [-0.25, -0.2) is 4.39 Å². The third-order valence-corrected chi connectivity index (χ3v) is 5.05. The van der Waals surface area contributed by atoms with Gasteiger partial charge >= 0.3 is 0 Å². The van der Waals surface area contributed by atoms with Crippen molar-refractivity contribution in [2.45, 2.75) is 13.3 Å². The standard InChI is InChI=1S/C22H26FN7O/c1-2-24-22(30-15-13-29(14-16-30)18-8-6-17(23)7-9-18)26-12-10-20-27-21(31-28-20)19-5-3-4-11-25-19/h3-9,11H,2,10,12-16H2,1H3,(H,24,26). The zero-order valence-electron chi connectivity index (χ0n) is 17.5. The number of benzene rings is 1. The number of nitrogens with one attached hydrogen (secondary N) is 1. The highest BCUT2D eigenvalue weighted by Crippen LogP contribution is 2.17. The molecule has 1 N–H and O–H groups in total. The Morgan fingerprint density at radius 3 is 2.65 bits per heavy atom. The number of anilines is 1. The van der Waals surface area contributed by atoms with Gasteiger partial charge in [0.05, 0.1) is 0 Å². The van der Waals surface area contributed by atoms with E-state index in [4.69, 9.17) is 9.52 Å². The Labute approximate surface area is 180 Å². The number of piperazine rings is 1. The van der Waals surface area contributed by atoms with Crippen molar-refractivity contribution in [1.29, 1.82) is 0 Å². The maximum absolute atomic E-state index is 13.2. The maximum atomic E-state index is 13.2. The van der Waals surface area contributed by atoms with Crippen molar-refractivity contribution in [3.05, 3.63) is 60.3 Å². The molecular formula is C22H26FN7O. The van der Waals surface area contributed by atoms with Gasteiger partial charge in [0.25, 0.3) is 5.89 Å². The minimum Gasteiger partial charge on any atom is -0.368 e. The third kappa shape index (κ3) is 5.36. The summed E-state index contributed by atoms with van der Waals surface area (Å²) in [6.07, 6.45) is 2.28. The number of guanidine groups is 1. The van der Waals surface area contributed by atoms with Gasteiger partial charge in [0.1, 0.15) is 11.5 Å². The molecule has 1 saturated heterocycles. The number of hydrogen-bond acceptors (Lipinski definition) is 6. The van der Waals surface area contributed by atoms with Gasteiger partial charge in [-0.05, 0) is 43.3 Å². The van der Waals surface area contributed by atoms with E-state index in [1.807, 2.05) is 30.3 Å². The van der Waals surface area contributed by atoms with E-state index in [-0.39, 0.29) is 5.82 Å². The molecule has 0 unspecified atom stereocenters. The summed E-state index contributed by atoms with van der Waals surface area (Å²) in [6.45, 7) is 6.81. The molecule has 31 heavy (non-hydrogen) atoms. The first-order valence-corrected chi connectivity index (χ1v) is 10.5. The van der Waals surface area contributed by atoms with E-state index in [0.717, 1.165) is 44.4 Å². The largest absolute Gasteiger partial charge is 0.368 e. The van der Waals surface area contributed by atoms with Crippen molar-refractivity contribution in [1.82, 2.24) is 25.3 Å². The van der Waals surface area contributed by atoms with Crippen molar-refractivity contribution in [2.75, 3.05) is 44.2 Å². The Bertz CT molecular complexity index is 983. The lowest BCUT2D eigenvalue weighted by molar-refractivity contribution is 0.372. The first-order valence-electron chi connectivity index (χ1n) is 10.5. The average Bonchev–Trinajstić information content (AvgIpc) is 3.29. The number of pyridine rings is 1. The van der Waals surface area contributed by atoms with E-state index < -0.39 is 0 Å². The molecule has 162 valence electrons. The Kier molecular flexibility index (Phi) is 6.71. The van der Waals surface area contributed by atoms with Gasteiger partial charge in [0, 0.05) is 57.6 Å². The third-order valence-electron chi connectivity index (χ3n) is 5.05. The van der Waals surface area contributed by atoms with Crippen LogP contribution in [0.25, 0.3) is 11.6 Å². The second kappa shape index (κ2) is 10.0. The van der Waals surface area contributed by atoms with E-state index in [1.54, 1.807) is 6.20 Å². The van der Waals surface area contributed by atoms with Crippen molar-refractivity contribution in [3.63, 3.8) is 0 Å². The maximum Gasteiger partial charge on any atom is 0.276 e. The predicted molar refractivity (Wildman–Crippen MR) is 117 cm³/mol. The van der Waals surface area contributed by atoms with Gasteiger partial charge in [0.2, 0.25) is 0 Å². The second-order valence-corrected chi connectivity index (χ2v) is 7.17. The van der Waals surface area contributed by atoms with Crippen LogP contribution in [-0.2, 0) is 6.42 Å². The van der Waals surface area contributed by atoms with Gasteiger partial charge in [-0.2, -0.15) is 4.98 Å². The van der Waals surface area contributed by atoms with Gasteiger partial charge in [-0.1, -0.05) is 11.2 Å². The molecule has 0 bridgehead atoms. The summed E-state index contributed by atoms with van der Waals surface area (Å²) in [5.41, 5.74) is 1.71. The minimum atomic E-state index is -0.210. The van der Waals surface area contributed by atoms with Gasteiger partial charge in [-0.3, -0.25) is 9.98 Å². The molecule has 1 fully saturated rings. The van der Waals surface area contributed by atoms with Crippen molar-refractivity contribution < 1.29 is 8.91 Å². The molecule has 0 amide bonds. The summed E-state index contributed by atoms with van der Waals surface area (Å²) in [5.74, 6) is 1.71. The van der Waals surface area contributed by atoms with Crippen molar-refractivity contribution >= 4 is 11.6 Å². The van der Waals surface area contributed by atoms with Gasteiger partial charge < -0.3 is 19.6 Å². The van der Waals surface area contributed by atoms with Crippen LogP contribution in [0.5, 0.6) is 0 Å². The molecule has 4 rings (SSSR count). The van der Waals surface area contributed by atoms with Crippen LogP contribution in [0, 0.1) is 5.82 Å². The molecule has 1 aliphatic heterocycles. The highest BCUT2D eigenvalue weighted by molar-refractivity contribution is 5.80. The van der Waals surface area contributed by atoms with E-state index in [1.165, 1.54) is 12.1 Å². The van der Waals surface area contributed by atoms with Crippen LogP contribution in [0.15, 0.2) is 58.2 Å². The monoisotopic (exact) mass is 423 g/mol. The molecule has 2 aromatic heterocycles. The molecule has 0 radical (unpaired) electrons. The molecular weight excluding hydrogens is 397 g/mol. The molecule has 0 saturated carbocycles. The summed E-state index contributed by atoms with van der Waals surface area (Å²) >= 11 is 0. The highest BCUT2D eigenvalue weighted by atomic mass is 19.1. The fraction of sp³-hybridized carbons (Fsp3) is 0.364. The van der Waals surface area contributed by atoms with E-state index in [9.17, 15) is 4.39 Å². The molecule has 3 heterocycles. The van der Waals surface area contributed by atoms with Crippen LogP contribution in [-0.4, -0.2) is 65.3 Å². The molecule has 1 aliphatic rings. The molecule has 0 aliphatic carbocycles. The lowest BCUT2D eigenvalue weighted by Gasteiger charge is -2.37. The van der Waals surface area contributed by atoms with Crippen LogP contribution >= 0.6 is 0 Å². The molecule has 0 atom stereocenters. The Morgan fingerprint density at radius 2 is 1.94 bits per heavy atom. The zero-order valence-corrected chi connectivity index (χ0v) is 17.5. The number of nitrogens with zero attached hydrogens (tertiary/aromatic N) is 6. The Hall–Kier alpha value is -3.49. The zero-order chi connectivity index (χ0) is 21.5. The van der Waals surface area contributed by atoms with Gasteiger partial charge in [0.15, 0.2) is 11.8 Å². The fourth-order valence-electron chi connectivity index (χ4n) is 3.46. The lowest BCUT2D eigenvalue weighted by atomic mass is 10.2. The first kappa shape index (κ1) is 20.8. The number of halogens is 1. The average molecular weight is 423 g/mol. The van der Waals surface area contributed by atoms with E-state index in [0.29, 0.717) is 30.4 Å². The SMILES string of the molecule is CCNC(=NCCc1noc(-c2ccccn2)n1)N1CCN(c2ccc(F)cc2)CC1. The normalized spacial score (nSPS) is 14.7. The van der Waals surface area contributed by atoms with Gasteiger partial charge in [-0.15, -0.1) is 0 Å². The quantitative estimate of drug-likeness (QED) is 0.482. The molecule has 8 nitrogen and oxygen atoms in total. The van der Waals surface area contributed by atoms with E-state index >= 15 is 0 Å². The summed E-state index contributed by atoms with van der Waals surface area (Å²) in [5, 5.41) is 7.40. The molecule has 0 spiro atoms. The van der Waals surface area contributed by atoms with E-state index in [2.05, 4.69) is 37.2 Å². The number of rotatable bonds is 6. The first-order chi connectivity index (χ1) is 15.2. The summed E-state index contributed by atoms with van der Waals surface area (Å²) in [6, 6.07) is 12.2. The number of hydrogen-bond donors (Lipinski definition) is 1. The smallest absolute Gasteiger partial charge is 0.276 e. The minimum absolute atomic E-state index is 0.210. The van der Waals surface area contributed by atoms with Crippen molar-refractivity contribution in [3.8, 4) is 11.6 Å². The lowest BCUT2D eigenvalue weighted by Crippen LogP contribution is -2.52. The highest BCUT2D eigenvalue weighted by Gasteiger charge is 2.20. The topological polar surface area (TPSA) is 82.7 Å². The number of aliphatic imine (C=N–C) groups is 1. The van der Waals surface area contributed by atoms with Crippen LogP contribution in [0.1, 0.15) is 12.7 Å². The molecule has 1 aromatic carbocycles. The van der Waals surface area contributed by atoms with Crippen LogP contribution in [0.4, 0.5) is 10.1 Å². The van der Waals surface area contributed by atoms with Crippen molar-refractivity contribution in [2.24, 2.45) is 4.99 Å². The Balaban J connectivity index is 1.32. The second-order valence-electron chi connectivity index (χ2n) is 7.17. The summed E-state index contributed by atoms with van der Waals surface area (Å²) < 4.78 is 18.5. The molecule has 9 heteroatoms. The molecule has 3 aromatic rings. The number of aromatic nitrogens is 3. The van der Waals surface area contributed by atoms with Crippen LogP contribution in [0.2, 0.25) is 0 Å². The van der Waals surface area contributed by atoms with Crippen LogP contribution < -0.4 is 10.2 Å². The summed E-state index contributed by atoms with van der Waals surface area (Å²) in [7, 11) is 0. The van der Waals surface area contributed by atoms with Crippen LogP contribution in [0.3, 0.4) is 0 Å². The fourth-order valence-corrected chi connectivity index (χ4v) is 3.46.